The third-order valence-corrected chi connectivity index (χ3v) is 4.53. The van der Waals surface area contributed by atoms with Crippen LogP contribution in [0.2, 0.25) is 0 Å². The Bertz CT molecular complexity index is 338. The van der Waals surface area contributed by atoms with Gasteiger partial charge in [0.2, 0.25) is 0 Å². The second-order valence-corrected chi connectivity index (χ2v) is 5.21. The lowest BCUT2D eigenvalue weighted by molar-refractivity contribution is 0.0782. The van der Waals surface area contributed by atoms with Gasteiger partial charge in [0.15, 0.2) is 5.96 Å². The summed E-state index contributed by atoms with van der Waals surface area (Å²) < 4.78 is 0. The lowest BCUT2D eigenvalue weighted by Gasteiger charge is -2.46. The third kappa shape index (κ3) is 1.22. The van der Waals surface area contributed by atoms with Crippen LogP contribution in [-0.2, 0) is 0 Å². The lowest BCUT2D eigenvalue weighted by atomic mass is 9.78. The molecule has 2 bridgehead atoms. The van der Waals surface area contributed by atoms with Crippen LogP contribution >= 0.6 is 0 Å². The monoisotopic (exact) mass is 220 g/mol. The molecule has 3 rings (SSSR count). The third-order valence-electron chi connectivity index (χ3n) is 4.53. The van der Waals surface area contributed by atoms with Crippen LogP contribution in [0.3, 0.4) is 0 Å². The number of aliphatic imine (C=N–C) groups is 1. The highest BCUT2D eigenvalue weighted by Crippen LogP contribution is 2.42. The Morgan fingerprint density at radius 2 is 2.44 bits per heavy atom. The van der Waals surface area contributed by atoms with Crippen molar-refractivity contribution in [1.82, 2.24) is 9.80 Å². The maximum Gasteiger partial charge on any atom is 0.192 e. The second kappa shape index (κ2) is 3.48. The minimum Gasteiger partial charge on any atom is -0.370 e. The van der Waals surface area contributed by atoms with Crippen LogP contribution in [-0.4, -0.2) is 54.0 Å². The summed E-state index contributed by atoms with van der Waals surface area (Å²) in [5.74, 6) is 1.46. The van der Waals surface area contributed by atoms with E-state index in [0.717, 1.165) is 25.0 Å². The van der Waals surface area contributed by atoms with Gasteiger partial charge in [-0.2, -0.15) is 0 Å². The number of piperidine rings is 1. The van der Waals surface area contributed by atoms with Gasteiger partial charge in [0.1, 0.15) is 0 Å². The van der Waals surface area contributed by atoms with Gasteiger partial charge < -0.3 is 15.5 Å². The lowest BCUT2D eigenvalue weighted by Crippen LogP contribution is -2.59. The predicted octanol–water partition coefficient (Wildman–Crippen LogP) is 0.267. The van der Waals surface area contributed by atoms with Gasteiger partial charge in [-0.25, -0.2) is 0 Å². The van der Waals surface area contributed by atoms with Crippen molar-refractivity contribution in [2.45, 2.75) is 18.4 Å². The molecule has 0 aromatic carbocycles. The van der Waals surface area contributed by atoms with E-state index < -0.39 is 0 Å². The van der Waals surface area contributed by atoms with Crippen molar-refractivity contribution in [2.24, 2.45) is 16.6 Å². The highest BCUT2D eigenvalue weighted by Gasteiger charge is 2.52. The fourth-order valence-corrected chi connectivity index (χ4v) is 3.61. The van der Waals surface area contributed by atoms with Gasteiger partial charge in [-0.3, -0.25) is 4.99 Å². The van der Waals surface area contributed by atoms with Crippen LogP contribution < -0.4 is 5.73 Å². The maximum absolute atomic E-state index is 6.02. The van der Waals surface area contributed by atoms with Gasteiger partial charge in [0, 0.05) is 19.6 Å². The summed E-state index contributed by atoms with van der Waals surface area (Å²) >= 11 is 0. The van der Waals surface area contributed by atoms with Crippen LogP contribution in [0.25, 0.3) is 0 Å². The number of rotatable bonds is 2. The van der Waals surface area contributed by atoms with Crippen LogP contribution in [0.1, 0.15) is 12.8 Å². The standard InChI is InChI=1S/C12H20N4/c1-2-5-16-11(13)14-9-12(16)4-7-15-6-3-10(12)8-15/h2,10H,1,3-9H2,(H2,13,14). The predicted molar refractivity (Wildman–Crippen MR) is 65.3 cm³/mol. The van der Waals surface area contributed by atoms with Crippen molar-refractivity contribution in [3.05, 3.63) is 12.7 Å². The first kappa shape index (κ1) is 10.1. The summed E-state index contributed by atoms with van der Waals surface area (Å²) in [6.07, 6.45) is 4.45. The SMILES string of the molecule is C=CCN1C(N)=NCC12CCN1CCC2C1. The van der Waals surface area contributed by atoms with E-state index in [9.17, 15) is 0 Å². The summed E-state index contributed by atoms with van der Waals surface area (Å²) in [7, 11) is 0. The molecule has 0 amide bonds. The molecule has 4 heteroatoms. The molecule has 3 heterocycles. The first-order valence-electron chi connectivity index (χ1n) is 6.17. The van der Waals surface area contributed by atoms with Crippen LogP contribution in [0.15, 0.2) is 17.6 Å². The van der Waals surface area contributed by atoms with Crippen LogP contribution in [0.5, 0.6) is 0 Å². The average molecular weight is 220 g/mol. The minimum atomic E-state index is 0.214. The minimum absolute atomic E-state index is 0.214. The van der Waals surface area contributed by atoms with Gasteiger partial charge in [-0.1, -0.05) is 6.08 Å². The summed E-state index contributed by atoms with van der Waals surface area (Å²) in [6, 6.07) is 0. The van der Waals surface area contributed by atoms with Gasteiger partial charge >= 0.3 is 0 Å². The molecule has 16 heavy (non-hydrogen) atoms. The fourth-order valence-electron chi connectivity index (χ4n) is 3.61. The van der Waals surface area contributed by atoms with Gasteiger partial charge in [0.05, 0.1) is 12.1 Å². The molecule has 0 aromatic rings. The largest absolute Gasteiger partial charge is 0.370 e. The second-order valence-electron chi connectivity index (χ2n) is 5.21. The Morgan fingerprint density at radius 3 is 3.25 bits per heavy atom. The van der Waals surface area contributed by atoms with E-state index in [1.807, 2.05) is 6.08 Å². The fraction of sp³-hybridized carbons (Fsp3) is 0.750. The zero-order valence-electron chi connectivity index (χ0n) is 9.73. The van der Waals surface area contributed by atoms with Gasteiger partial charge in [-0.15, -0.1) is 6.58 Å². The highest BCUT2D eigenvalue weighted by atomic mass is 15.4. The van der Waals surface area contributed by atoms with E-state index in [4.69, 9.17) is 5.73 Å². The molecule has 3 aliphatic rings. The maximum atomic E-state index is 6.02. The molecule has 2 N–H and O–H groups in total. The summed E-state index contributed by atoms with van der Waals surface area (Å²) in [4.78, 5) is 9.35. The van der Waals surface area contributed by atoms with Crippen molar-refractivity contribution >= 4 is 5.96 Å². The first-order valence-corrected chi connectivity index (χ1v) is 6.17. The van der Waals surface area contributed by atoms with Crippen molar-refractivity contribution in [1.29, 1.82) is 0 Å². The Labute approximate surface area is 96.8 Å². The van der Waals surface area contributed by atoms with Crippen molar-refractivity contribution in [3.8, 4) is 0 Å². The van der Waals surface area contributed by atoms with E-state index in [0.29, 0.717) is 0 Å². The molecule has 2 saturated heterocycles. The molecule has 88 valence electrons. The van der Waals surface area contributed by atoms with E-state index in [-0.39, 0.29) is 5.54 Å². The summed E-state index contributed by atoms with van der Waals surface area (Å²) in [5, 5.41) is 0. The van der Waals surface area contributed by atoms with E-state index in [1.165, 1.54) is 32.5 Å². The molecule has 3 unspecified atom stereocenters. The van der Waals surface area contributed by atoms with Crippen molar-refractivity contribution in [2.75, 3.05) is 32.7 Å². The topological polar surface area (TPSA) is 44.9 Å². The molecule has 0 aliphatic carbocycles. The van der Waals surface area contributed by atoms with Crippen LogP contribution in [0, 0.1) is 5.92 Å². The zero-order chi connectivity index (χ0) is 11.2. The number of fused-ring (bicyclic) bond motifs is 3. The zero-order valence-corrected chi connectivity index (χ0v) is 9.73. The smallest absolute Gasteiger partial charge is 0.192 e. The molecule has 1 spiro atoms. The number of guanidine groups is 1. The van der Waals surface area contributed by atoms with Crippen molar-refractivity contribution < 1.29 is 0 Å². The normalized spacial score (nSPS) is 41.5. The molecule has 0 radical (unpaired) electrons. The first-order chi connectivity index (χ1) is 7.76. The molecule has 3 atom stereocenters. The number of nitrogens with two attached hydrogens (primary N) is 1. The Morgan fingerprint density at radius 1 is 1.56 bits per heavy atom. The molecule has 0 saturated carbocycles. The quantitative estimate of drug-likeness (QED) is 0.679. The summed E-state index contributed by atoms with van der Waals surface area (Å²) in [5.41, 5.74) is 6.23. The Kier molecular flexibility index (Phi) is 2.21. The Balaban J connectivity index is 1.89. The van der Waals surface area contributed by atoms with E-state index in [1.54, 1.807) is 0 Å². The van der Waals surface area contributed by atoms with Gasteiger partial charge in [0.25, 0.3) is 0 Å². The molecule has 4 nitrogen and oxygen atoms in total. The number of hydrogen-bond donors (Lipinski definition) is 1. The Hall–Kier alpha value is -1.03. The molecular formula is C12H20N4. The number of nitrogens with zero attached hydrogens (tertiary/aromatic N) is 3. The molecule has 3 aliphatic heterocycles. The molecule has 0 aromatic heterocycles. The summed E-state index contributed by atoms with van der Waals surface area (Å²) in [6.45, 7) is 9.26. The number of hydrogen-bond acceptors (Lipinski definition) is 4. The molecular weight excluding hydrogens is 200 g/mol. The van der Waals surface area contributed by atoms with E-state index >= 15 is 0 Å². The average Bonchev–Trinajstić information content (AvgIpc) is 2.82. The van der Waals surface area contributed by atoms with Gasteiger partial charge in [-0.05, 0) is 25.3 Å². The highest BCUT2D eigenvalue weighted by molar-refractivity contribution is 5.81. The van der Waals surface area contributed by atoms with Crippen molar-refractivity contribution in [3.63, 3.8) is 0 Å². The van der Waals surface area contributed by atoms with E-state index in [2.05, 4.69) is 21.4 Å². The molecule has 2 fully saturated rings. The van der Waals surface area contributed by atoms with Crippen LogP contribution in [0.4, 0.5) is 0 Å².